The van der Waals surface area contributed by atoms with Crippen molar-refractivity contribution in [1.82, 2.24) is 5.32 Å². The Hall–Kier alpha value is -0.680. The number of carbonyl (C=O) groups is 1. The lowest BCUT2D eigenvalue weighted by Gasteiger charge is -2.43. The van der Waals surface area contributed by atoms with E-state index in [-0.39, 0.29) is 10.5 Å². The Morgan fingerprint density at radius 2 is 2.06 bits per heavy atom. The van der Waals surface area contributed by atoms with Gasteiger partial charge in [-0.3, -0.25) is 4.79 Å². The van der Waals surface area contributed by atoms with Gasteiger partial charge in [0.25, 0.3) is 5.91 Å². The number of hydrogen-bond donors (Lipinski definition) is 3. The first kappa shape index (κ1) is 12.8. The third kappa shape index (κ3) is 1.38. The SMILES string of the molecule is CC1(C)C2CCC1(C)C(O)(C(=O)NC(N)=S)C2. The van der Waals surface area contributed by atoms with Gasteiger partial charge in [0.05, 0.1) is 0 Å². The van der Waals surface area contributed by atoms with Crippen molar-refractivity contribution < 1.29 is 9.90 Å². The van der Waals surface area contributed by atoms with Crippen molar-refractivity contribution >= 4 is 23.2 Å². The summed E-state index contributed by atoms with van der Waals surface area (Å²) in [7, 11) is 0. The maximum absolute atomic E-state index is 12.1. The van der Waals surface area contributed by atoms with Crippen molar-refractivity contribution in [2.45, 2.75) is 45.6 Å². The molecule has 5 heteroatoms. The van der Waals surface area contributed by atoms with Crippen LogP contribution < -0.4 is 11.1 Å². The highest BCUT2D eigenvalue weighted by atomic mass is 32.1. The minimum atomic E-state index is -1.34. The molecule has 0 aliphatic heterocycles. The Morgan fingerprint density at radius 3 is 2.41 bits per heavy atom. The third-order valence-electron chi connectivity index (χ3n) is 5.50. The summed E-state index contributed by atoms with van der Waals surface area (Å²) in [6.07, 6.45) is 2.45. The molecule has 2 bridgehead atoms. The quantitative estimate of drug-likeness (QED) is 0.610. The molecule has 2 rings (SSSR count). The lowest BCUT2D eigenvalue weighted by atomic mass is 9.64. The highest BCUT2D eigenvalue weighted by molar-refractivity contribution is 7.80. The van der Waals surface area contributed by atoms with Gasteiger partial charge in [-0.25, -0.2) is 0 Å². The molecule has 4 N–H and O–H groups in total. The molecule has 17 heavy (non-hydrogen) atoms. The molecule has 2 saturated carbocycles. The fraction of sp³-hybridized carbons (Fsp3) is 0.833. The predicted octanol–water partition coefficient (Wildman–Crippen LogP) is 0.924. The topological polar surface area (TPSA) is 75.3 Å². The Labute approximate surface area is 107 Å². The number of thiocarbonyl (C=S) groups is 1. The van der Waals surface area contributed by atoms with Crippen molar-refractivity contribution in [1.29, 1.82) is 0 Å². The van der Waals surface area contributed by atoms with E-state index in [0.717, 1.165) is 12.8 Å². The van der Waals surface area contributed by atoms with E-state index in [2.05, 4.69) is 31.4 Å². The minimum absolute atomic E-state index is 0.0324. The number of amides is 1. The van der Waals surface area contributed by atoms with E-state index >= 15 is 0 Å². The molecule has 4 nitrogen and oxygen atoms in total. The molecule has 0 heterocycles. The molecule has 0 aromatic rings. The van der Waals surface area contributed by atoms with Crippen molar-refractivity contribution in [2.75, 3.05) is 0 Å². The van der Waals surface area contributed by atoms with Crippen LogP contribution in [0.3, 0.4) is 0 Å². The zero-order chi connectivity index (χ0) is 13.1. The van der Waals surface area contributed by atoms with Crippen LogP contribution in [0.4, 0.5) is 0 Å². The fourth-order valence-electron chi connectivity index (χ4n) is 3.83. The summed E-state index contributed by atoms with van der Waals surface area (Å²) < 4.78 is 0. The number of fused-ring (bicyclic) bond motifs is 2. The van der Waals surface area contributed by atoms with Crippen LogP contribution in [0.25, 0.3) is 0 Å². The summed E-state index contributed by atoms with van der Waals surface area (Å²) in [5, 5.41) is 13.1. The first-order valence-electron chi connectivity index (χ1n) is 5.98. The zero-order valence-electron chi connectivity index (χ0n) is 10.5. The van der Waals surface area contributed by atoms with Crippen LogP contribution in [0, 0.1) is 16.7 Å². The molecular formula is C12H20N2O2S. The molecular weight excluding hydrogens is 236 g/mol. The van der Waals surface area contributed by atoms with Gasteiger partial charge in [-0.1, -0.05) is 20.8 Å². The molecule has 2 fully saturated rings. The summed E-state index contributed by atoms with van der Waals surface area (Å²) in [5.41, 5.74) is 3.54. The van der Waals surface area contributed by atoms with Crippen LogP contribution in [0.2, 0.25) is 0 Å². The molecule has 0 aromatic carbocycles. The van der Waals surface area contributed by atoms with E-state index in [1.54, 1.807) is 0 Å². The van der Waals surface area contributed by atoms with Crippen LogP contribution >= 0.6 is 12.2 Å². The molecule has 0 spiro atoms. The minimum Gasteiger partial charge on any atom is -0.379 e. The van der Waals surface area contributed by atoms with Crippen molar-refractivity contribution in [3.05, 3.63) is 0 Å². The smallest absolute Gasteiger partial charge is 0.258 e. The summed E-state index contributed by atoms with van der Waals surface area (Å²) in [6, 6.07) is 0. The number of rotatable bonds is 1. The van der Waals surface area contributed by atoms with Crippen LogP contribution in [0.5, 0.6) is 0 Å². The molecule has 0 radical (unpaired) electrons. The lowest BCUT2D eigenvalue weighted by Crippen LogP contribution is -2.58. The first-order valence-corrected chi connectivity index (χ1v) is 6.39. The Kier molecular flexibility index (Phi) is 2.57. The van der Waals surface area contributed by atoms with E-state index in [0.29, 0.717) is 12.3 Å². The van der Waals surface area contributed by atoms with Gasteiger partial charge in [0.2, 0.25) is 0 Å². The average Bonchev–Trinajstić information content (AvgIpc) is 2.48. The van der Waals surface area contributed by atoms with E-state index in [1.807, 2.05) is 6.92 Å². The maximum Gasteiger partial charge on any atom is 0.258 e. The number of hydrogen-bond acceptors (Lipinski definition) is 3. The summed E-state index contributed by atoms with van der Waals surface area (Å²) >= 11 is 4.67. The second kappa shape index (κ2) is 3.42. The molecule has 0 saturated heterocycles. The van der Waals surface area contributed by atoms with Crippen LogP contribution in [0.15, 0.2) is 0 Å². The van der Waals surface area contributed by atoms with Crippen molar-refractivity contribution in [2.24, 2.45) is 22.5 Å². The standard InChI is InChI=1S/C12H20N2O2S/c1-10(2)7-4-5-11(10,3)12(16,6-7)8(15)14-9(13)17/h7,16H,4-6H2,1-3H3,(H3,13,14,15,17). The highest BCUT2D eigenvalue weighted by Gasteiger charge is 2.71. The number of nitrogens with one attached hydrogen (secondary N) is 1. The molecule has 0 aromatic heterocycles. The van der Waals surface area contributed by atoms with Gasteiger partial charge >= 0.3 is 0 Å². The largest absolute Gasteiger partial charge is 0.379 e. The van der Waals surface area contributed by atoms with Crippen LogP contribution in [-0.2, 0) is 4.79 Å². The van der Waals surface area contributed by atoms with Crippen LogP contribution in [0.1, 0.15) is 40.0 Å². The van der Waals surface area contributed by atoms with Crippen molar-refractivity contribution in [3.8, 4) is 0 Å². The second-order valence-electron chi connectivity index (χ2n) is 6.17. The summed E-state index contributed by atoms with van der Waals surface area (Å²) in [4.78, 5) is 12.1. The number of aliphatic hydroxyl groups is 1. The van der Waals surface area contributed by atoms with E-state index in [1.165, 1.54) is 0 Å². The Balaban J connectivity index is 2.35. The van der Waals surface area contributed by atoms with Gasteiger partial charge in [-0.05, 0) is 42.8 Å². The van der Waals surface area contributed by atoms with E-state index in [4.69, 9.17) is 5.73 Å². The highest BCUT2D eigenvalue weighted by Crippen LogP contribution is 2.69. The van der Waals surface area contributed by atoms with Gasteiger partial charge in [0.15, 0.2) is 5.11 Å². The molecule has 2 aliphatic carbocycles. The first-order chi connectivity index (χ1) is 7.65. The zero-order valence-corrected chi connectivity index (χ0v) is 11.4. The summed E-state index contributed by atoms with van der Waals surface area (Å²) in [5.74, 6) is -0.0580. The number of nitrogens with two attached hydrogens (primary N) is 1. The maximum atomic E-state index is 12.1. The van der Waals surface area contributed by atoms with Gasteiger partial charge in [0, 0.05) is 5.41 Å². The monoisotopic (exact) mass is 256 g/mol. The molecule has 1 amide bonds. The van der Waals surface area contributed by atoms with Gasteiger partial charge in [-0.2, -0.15) is 0 Å². The second-order valence-corrected chi connectivity index (χ2v) is 6.61. The Bertz CT molecular complexity index is 396. The van der Waals surface area contributed by atoms with Gasteiger partial charge < -0.3 is 16.2 Å². The summed E-state index contributed by atoms with van der Waals surface area (Å²) in [6.45, 7) is 6.27. The lowest BCUT2D eigenvalue weighted by molar-refractivity contribution is -0.156. The number of carbonyl (C=O) groups excluding carboxylic acids is 1. The Morgan fingerprint density at radius 1 is 1.47 bits per heavy atom. The normalized spacial score (nSPS) is 42.5. The molecule has 3 unspecified atom stereocenters. The fourth-order valence-corrected chi connectivity index (χ4v) is 3.93. The predicted molar refractivity (Wildman–Crippen MR) is 69.1 cm³/mol. The molecule has 96 valence electrons. The molecule has 2 aliphatic rings. The third-order valence-corrected chi connectivity index (χ3v) is 5.60. The van der Waals surface area contributed by atoms with Crippen LogP contribution in [-0.4, -0.2) is 21.7 Å². The average molecular weight is 256 g/mol. The van der Waals surface area contributed by atoms with E-state index < -0.39 is 16.9 Å². The van der Waals surface area contributed by atoms with Gasteiger partial charge in [0.1, 0.15) is 5.60 Å². The van der Waals surface area contributed by atoms with E-state index in [9.17, 15) is 9.90 Å². The van der Waals surface area contributed by atoms with Gasteiger partial charge in [-0.15, -0.1) is 0 Å². The molecule has 3 atom stereocenters. The van der Waals surface area contributed by atoms with Crippen molar-refractivity contribution in [3.63, 3.8) is 0 Å².